The minimum absolute atomic E-state index is 0.837. The summed E-state index contributed by atoms with van der Waals surface area (Å²) in [5.74, 6) is -3.94. The molecule has 0 bridgehead atoms. The molecule has 0 unspecified atom stereocenters. The average molecular weight is 412 g/mol. The SMILES string of the molecule is Cc1cc(C)nc(C)c1.O=S(=O)(OCC(F)(F)c1ccccn1)C(F)(F)F. The Morgan fingerprint density at radius 1 is 1.00 bits per heavy atom. The van der Waals surface area contributed by atoms with Crippen molar-refractivity contribution in [2.75, 3.05) is 6.61 Å². The number of nitrogens with zero attached hydrogens (tertiary/aromatic N) is 2. The van der Waals surface area contributed by atoms with Crippen molar-refractivity contribution < 1.29 is 34.6 Å². The molecule has 0 amide bonds. The number of pyridine rings is 2. The summed E-state index contributed by atoms with van der Waals surface area (Å²) in [6.07, 6.45) is 0.988. The molecule has 0 saturated carbocycles. The van der Waals surface area contributed by atoms with Crippen LogP contribution in [0.1, 0.15) is 22.6 Å². The Kier molecular flexibility index (Phi) is 7.38. The molecular weight excluding hydrogens is 395 g/mol. The second-order valence-electron chi connectivity index (χ2n) is 5.51. The number of halogens is 5. The van der Waals surface area contributed by atoms with Crippen molar-refractivity contribution >= 4 is 10.1 Å². The summed E-state index contributed by atoms with van der Waals surface area (Å²) < 4.78 is 86.2. The summed E-state index contributed by atoms with van der Waals surface area (Å²) in [7, 11) is -6.05. The van der Waals surface area contributed by atoms with Gasteiger partial charge in [0.2, 0.25) is 0 Å². The van der Waals surface area contributed by atoms with Crippen molar-refractivity contribution in [2.24, 2.45) is 0 Å². The van der Waals surface area contributed by atoms with E-state index in [1.54, 1.807) is 0 Å². The van der Waals surface area contributed by atoms with Gasteiger partial charge in [-0.2, -0.15) is 30.4 Å². The second-order valence-corrected chi connectivity index (χ2v) is 7.12. The summed E-state index contributed by atoms with van der Waals surface area (Å²) in [5, 5.41) is 0. The molecule has 5 nitrogen and oxygen atoms in total. The molecule has 2 aromatic heterocycles. The highest BCUT2D eigenvalue weighted by Crippen LogP contribution is 2.30. The van der Waals surface area contributed by atoms with Crippen LogP contribution >= 0.6 is 0 Å². The van der Waals surface area contributed by atoms with E-state index < -0.39 is 33.8 Å². The molecule has 0 radical (unpaired) electrons. The third-order valence-corrected chi connectivity index (χ3v) is 3.94. The maximum absolute atomic E-state index is 13.3. The Hall–Kier alpha value is -2.14. The molecule has 0 saturated heterocycles. The minimum Gasteiger partial charge on any atom is -0.258 e. The normalized spacial score (nSPS) is 12.3. The molecule has 27 heavy (non-hydrogen) atoms. The first kappa shape index (κ1) is 22.9. The molecular formula is C16H17F5N2O3S. The van der Waals surface area contributed by atoms with Gasteiger partial charge in [-0.3, -0.25) is 14.2 Å². The Balaban J connectivity index is 0.000000337. The van der Waals surface area contributed by atoms with E-state index in [0.717, 1.165) is 23.7 Å². The molecule has 2 aromatic rings. The quantitative estimate of drug-likeness (QED) is 0.431. The van der Waals surface area contributed by atoms with Gasteiger partial charge in [-0.05, 0) is 50.6 Å². The van der Waals surface area contributed by atoms with Crippen molar-refractivity contribution in [3.05, 3.63) is 59.2 Å². The van der Waals surface area contributed by atoms with Crippen LogP contribution in [0.5, 0.6) is 0 Å². The molecule has 2 rings (SSSR count). The fourth-order valence-electron chi connectivity index (χ4n) is 1.91. The number of aromatic nitrogens is 2. The summed E-state index contributed by atoms with van der Waals surface area (Å²) >= 11 is 0. The van der Waals surface area contributed by atoms with Gasteiger partial charge in [0.15, 0.2) is 0 Å². The lowest BCUT2D eigenvalue weighted by atomic mass is 10.2. The highest BCUT2D eigenvalue weighted by Gasteiger charge is 2.49. The molecule has 0 N–H and O–H groups in total. The maximum Gasteiger partial charge on any atom is 0.523 e. The number of aryl methyl sites for hydroxylation is 3. The van der Waals surface area contributed by atoms with E-state index >= 15 is 0 Å². The molecule has 0 aliphatic heterocycles. The molecule has 0 fully saturated rings. The lowest BCUT2D eigenvalue weighted by Crippen LogP contribution is -2.31. The Bertz CT molecular complexity index is 806. The first-order valence-corrected chi connectivity index (χ1v) is 8.82. The lowest BCUT2D eigenvalue weighted by Gasteiger charge is -2.16. The van der Waals surface area contributed by atoms with E-state index in [2.05, 4.69) is 33.2 Å². The molecule has 0 atom stereocenters. The van der Waals surface area contributed by atoms with E-state index in [1.165, 1.54) is 17.7 Å². The Morgan fingerprint density at radius 2 is 1.56 bits per heavy atom. The smallest absolute Gasteiger partial charge is 0.258 e. The fraction of sp³-hybridized carbons (Fsp3) is 0.375. The van der Waals surface area contributed by atoms with Crippen LogP contribution in [0.3, 0.4) is 0 Å². The third kappa shape index (κ3) is 7.18. The zero-order valence-corrected chi connectivity index (χ0v) is 15.4. The van der Waals surface area contributed by atoms with Crippen molar-refractivity contribution in [3.63, 3.8) is 0 Å². The van der Waals surface area contributed by atoms with Crippen LogP contribution in [-0.2, 0) is 20.2 Å². The molecule has 150 valence electrons. The Labute approximate surface area is 153 Å². The van der Waals surface area contributed by atoms with Gasteiger partial charge >= 0.3 is 21.5 Å². The van der Waals surface area contributed by atoms with E-state index in [9.17, 15) is 30.4 Å². The highest BCUT2D eigenvalue weighted by atomic mass is 32.2. The molecule has 0 aliphatic rings. The van der Waals surface area contributed by atoms with Crippen molar-refractivity contribution in [1.29, 1.82) is 0 Å². The van der Waals surface area contributed by atoms with Crippen LogP contribution < -0.4 is 0 Å². The van der Waals surface area contributed by atoms with Gasteiger partial charge in [0.25, 0.3) is 0 Å². The average Bonchev–Trinajstić information content (AvgIpc) is 2.52. The predicted octanol–water partition coefficient (Wildman–Crippen LogP) is 4.05. The van der Waals surface area contributed by atoms with Gasteiger partial charge in [0.05, 0.1) is 0 Å². The van der Waals surface area contributed by atoms with Crippen LogP contribution in [-0.4, -0.2) is 30.5 Å². The van der Waals surface area contributed by atoms with Crippen molar-refractivity contribution in [1.82, 2.24) is 9.97 Å². The molecule has 0 aromatic carbocycles. The fourth-order valence-corrected chi connectivity index (χ4v) is 2.35. The van der Waals surface area contributed by atoms with Crippen LogP contribution in [0.4, 0.5) is 22.0 Å². The van der Waals surface area contributed by atoms with Gasteiger partial charge in [0.1, 0.15) is 12.3 Å². The first-order valence-electron chi connectivity index (χ1n) is 7.41. The van der Waals surface area contributed by atoms with Crippen molar-refractivity contribution in [3.8, 4) is 0 Å². The molecule has 11 heteroatoms. The zero-order chi connectivity index (χ0) is 20.9. The van der Waals surface area contributed by atoms with E-state index in [4.69, 9.17) is 0 Å². The van der Waals surface area contributed by atoms with E-state index in [1.807, 2.05) is 13.8 Å². The number of alkyl halides is 5. The summed E-state index contributed by atoms with van der Waals surface area (Å²) in [6.45, 7) is 4.15. The van der Waals surface area contributed by atoms with Crippen LogP contribution in [0.25, 0.3) is 0 Å². The molecule has 0 spiro atoms. The second kappa shape index (κ2) is 8.70. The first-order chi connectivity index (χ1) is 12.2. The van der Waals surface area contributed by atoms with Gasteiger partial charge in [0, 0.05) is 17.6 Å². The predicted molar refractivity (Wildman–Crippen MR) is 87.5 cm³/mol. The van der Waals surface area contributed by atoms with Crippen molar-refractivity contribution in [2.45, 2.75) is 32.2 Å². The third-order valence-electron chi connectivity index (χ3n) is 2.94. The maximum atomic E-state index is 13.3. The summed E-state index contributed by atoms with van der Waals surface area (Å²) in [5.41, 5.74) is -3.13. The molecule has 0 aliphatic carbocycles. The van der Waals surface area contributed by atoms with Gasteiger partial charge in [-0.25, -0.2) is 0 Å². The number of rotatable bonds is 4. The standard InChI is InChI=1S/C8H6F5NO3S.C8H11N/c9-7(10,6-3-1-2-4-14-6)5-17-18(15,16)8(11,12)13;1-6-4-7(2)9-8(3)5-6/h1-4H,5H2;4-5H,1-3H3. The van der Waals surface area contributed by atoms with E-state index in [0.29, 0.717) is 0 Å². The van der Waals surface area contributed by atoms with Gasteiger partial charge in [-0.15, -0.1) is 0 Å². The number of hydrogen-bond donors (Lipinski definition) is 0. The Morgan fingerprint density at radius 3 is 1.96 bits per heavy atom. The topological polar surface area (TPSA) is 69.2 Å². The van der Waals surface area contributed by atoms with Gasteiger partial charge < -0.3 is 0 Å². The van der Waals surface area contributed by atoms with Crippen LogP contribution in [0.15, 0.2) is 36.5 Å². The summed E-state index contributed by atoms with van der Waals surface area (Å²) in [4.78, 5) is 7.44. The zero-order valence-electron chi connectivity index (χ0n) is 14.6. The minimum atomic E-state index is -6.05. The molecule has 2 heterocycles. The van der Waals surface area contributed by atoms with Gasteiger partial charge in [-0.1, -0.05) is 6.07 Å². The largest absolute Gasteiger partial charge is 0.523 e. The highest BCUT2D eigenvalue weighted by molar-refractivity contribution is 7.87. The van der Waals surface area contributed by atoms with Crippen LogP contribution in [0, 0.1) is 20.8 Å². The summed E-state index contributed by atoms with van der Waals surface area (Å²) in [6, 6.07) is 7.48. The van der Waals surface area contributed by atoms with E-state index in [-0.39, 0.29) is 0 Å². The lowest BCUT2D eigenvalue weighted by molar-refractivity contribution is -0.0762. The van der Waals surface area contributed by atoms with Crippen LogP contribution in [0.2, 0.25) is 0 Å². The monoisotopic (exact) mass is 412 g/mol. The number of hydrogen-bond acceptors (Lipinski definition) is 5.